The Bertz CT molecular complexity index is 207. The van der Waals surface area contributed by atoms with E-state index in [1.807, 2.05) is 0 Å². The molecular weight excluding hydrogens is 231 g/mol. The third-order valence-electron chi connectivity index (χ3n) is 1.09. The zero-order chi connectivity index (χ0) is 12.8. The molecule has 0 spiro atoms. The highest BCUT2D eigenvalue weighted by atomic mass is 31.1. The maximum absolute atomic E-state index is 10.3. The van der Waals surface area contributed by atoms with Crippen LogP contribution in [0, 0.1) is 0 Å². The minimum absolute atomic E-state index is 0.192. The fourth-order valence-corrected chi connectivity index (χ4v) is 0.972. The van der Waals surface area contributed by atoms with Crippen LogP contribution >= 0.6 is 8.25 Å². The largest absolute Gasteiger partial charge is 0.697 e. The average molecular weight is 251 g/mol. The summed E-state index contributed by atoms with van der Waals surface area (Å²) in [6, 6.07) is 0. The fraction of sp³-hybridized carbons (Fsp3) is 0.700. The van der Waals surface area contributed by atoms with Crippen molar-refractivity contribution in [3.05, 3.63) is 12.3 Å². The van der Waals surface area contributed by atoms with Gasteiger partial charge in [0.25, 0.3) is 0 Å². The summed E-state index contributed by atoms with van der Waals surface area (Å²) in [5, 5.41) is 0. The summed E-state index contributed by atoms with van der Waals surface area (Å²) < 4.78 is 24.0. The second-order valence-corrected chi connectivity index (χ2v) is 3.34. The monoisotopic (exact) mass is 251 g/mol. The lowest BCUT2D eigenvalue weighted by Crippen LogP contribution is -1.94. The molecule has 0 aromatic heterocycles. The molecule has 6 heteroatoms. The van der Waals surface area contributed by atoms with Crippen molar-refractivity contribution < 1.29 is 23.1 Å². The Morgan fingerprint density at radius 2 is 1.69 bits per heavy atom. The van der Waals surface area contributed by atoms with Gasteiger partial charge in [0, 0.05) is 11.0 Å². The second kappa shape index (κ2) is 14.2. The molecular formula is C10H20O5P+. The van der Waals surface area contributed by atoms with E-state index in [1.54, 1.807) is 33.8 Å². The van der Waals surface area contributed by atoms with E-state index in [1.165, 1.54) is 6.26 Å². The van der Waals surface area contributed by atoms with Gasteiger partial charge in [-0.1, -0.05) is 13.0 Å². The van der Waals surface area contributed by atoms with E-state index < -0.39 is 8.25 Å². The smallest absolute Gasteiger partial charge is 0.435 e. The van der Waals surface area contributed by atoms with Crippen LogP contribution in [0.4, 0.5) is 0 Å². The van der Waals surface area contributed by atoms with Gasteiger partial charge in [0.15, 0.2) is 0 Å². The minimum Gasteiger partial charge on any atom is -0.435 e. The van der Waals surface area contributed by atoms with E-state index in [0.717, 1.165) is 0 Å². The normalized spacial score (nSPS) is 9.50. The van der Waals surface area contributed by atoms with Crippen LogP contribution in [0.15, 0.2) is 12.3 Å². The predicted molar refractivity (Wildman–Crippen MR) is 62.1 cm³/mol. The Morgan fingerprint density at radius 1 is 1.19 bits per heavy atom. The van der Waals surface area contributed by atoms with Crippen LogP contribution in [0.1, 0.15) is 34.1 Å². The Labute approximate surface area is 97.7 Å². The molecule has 0 aliphatic heterocycles. The van der Waals surface area contributed by atoms with Crippen LogP contribution in [0.5, 0.6) is 0 Å². The maximum Gasteiger partial charge on any atom is 0.697 e. The molecule has 5 nitrogen and oxygen atoms in total. The number of carbonyl (C=O) groups is 1. The molecule has 0 atom stereocenters. The molecule has 0 aliphatic rings. The first-order valence-corrected chi connectivity index (χ1v) is 6.25. The van der Waals surface area contributed by atoms with E-state index in [2.05, 4.69) is 13.8 Å². The Hall–Kier alpha value is -0.770. The molecule has 0 heterocycles. The van der Waals surface area contributed by atoms with Gasteiger partial charge >= 0.3 is 14.2 Å². The van der Waals surface area contributed by atoms with E-state index in [4.69, 9.17) is 0 Å². The van der Waals surface area contributed by atoms with E-state index in [9.17, 15) is 9.36 Å². The summed E-state index contributed by atoms with van der Waals surface area (Å²) in [6.07, 6.45) is 3.49. The summed E-state index contributed by atoms with van der Waals surface area (Å²) in [5.41, 5.74) is 0. The highest BCUT2D eigenvalue weighted by Gasteiger charge is 2.15. The van der Waals surface area contributed by atoms with Crippen molar-refractivity contribution in [3.63, 3.8) is 0 Å². The van der Waals surface area contributed by atoms with Gasteiger partial charge in [0.2, 0.25) is 0 Å². The molecule has 0 rings (SSSR count). The predicted octanol–water partition coefficient (Wildman–Crippen LogP) is 3.19. The highest BCUT2D eigenvalue weighted by molar-refractivity contribution is 7.33. The summed E-state index contributed by atoms with van der Waals surface area (Å²) in [6.45, 7) is 7.97. The molecule has 16 heavy (non-hydrogen) atoms. The molecule has 0 radical (unpaired) electrons. The van der Waals surface area contributed by atoms with Crippen LogP contribution in [-0.4, -0.2) is 19.2 Å². The quantitative estimate of drug-likeness (QED) is 0.412. The lowest BCUT2D eigenvalue weighted by molar-refractivity contribution is -0.137. The summed E-state index contributed by atoms with van der Waals surface area (Å²) in [4.78, 5) is 10.3. The number of allylic oxidation sites excluding steroid dienone is 1. The van der Waals surface area contributed by atoms with Crippen molar-refractivity contribution in [3.8, 4) is 0 Å². The second-order valence-electron chi connectivity index (χ2n) is 2.37. The molecule has 0 saturated heterocycles. The summed E-state index contributed by atoms with van der Waals surface area (Å²) in [7, 11) is -1.83. The topological polar surface area (TPSA) is 61.8 Å². The van der Waals surface area contributed by atoms with Gasteiger partial charge in [0.1, 0.15) is 13.2 Å². The van der Waals surface area contributed by atoms with Crippen molar-refractivity contribution in [2.45, 2.75) is 34.1 Å². The third kappa shape index (κ3) is 15.7. The highest BCUT2D eigenvalue weighted by Crippen LogP contribution is 2.21. The Balaban J connectivity index is 0. The number of rotatable bonds is 6. The molecule has 0 aliphatic carbocycles. The molecule has 0 aromatic rings. The van der Waals surface area contributed by atoms with Gasteiger partial charge in [0.05, 0.1) is 6.26 Å². The van der Waals surface area contributed by atoms with Crippen molar-refractivity contribution >= 4 is 14.2 Å². The van der Waals surface area contributed by atoms with Crippen molar-refractivity contribution in [1.82, 2.24) is 0 Å². The Morgan fingerprint density at radius 3 is 2.00 bits per heavy atom. The van der Waals surface area contributed by atoms with Crippen molar-refractivity contribution in [1.29, 1.82) is 0 Å². The molecule has 0 aromatic carbocycles. The van der Waals surface area contributed by atoms with Crippen LogP contribution in [-0.2, 0) is 23.1 Å². The van der Waals surface area contributed by atoms with Gasteiger partial charge in [-0.05, 0) is 20.8 Å². The SMILES string of the molecule is CC=COC(=O)CC.CCO[P+](=O)OCC. The number of ether oxygens (including phenoxy) is 1. The van der Waals surface area contributed by atoms with E-state index in [0.29, 0.717) is 19.6 Å². The van der Waals surface area contributed by atoms with Crippen LogP contribution in [0.2, 0.25) is 0 Å². The van der Waals surface area contributed by atoms with Crippen LogP contribution in [0.25, 0.3) is 0 Å². The molecule has 0 bridgehead atoms. The summed E-state index contributed by atoms with van der Waals surface area (Å²) in [5.74, 6) is -0.192. The number of carbonyl (C=O) groups excluding carboxylic acids is 1. The number of hydrogen-bond donors (Lipinski definition) is 0. The number of hydrogen-bond acceptors (Lipinski definition) is 5. The first kappa shape index (κ1) is 17.6. The molecule has 0 saturated carbocycles. The standard InChI is InChI=1S/C6H10O2.C4H10O3P/c1-3-5-8-6(7)4-2;1-3-6-8(5)7-4-2/h3,5H,4H2,1-2H3;3-4H2,1-2H3/q;+1. The fourth-order valence-electron chi connectivity index (χ4n) is 0.475. The van der Waals surface area contributed by atoms with Crippen LogP contribution in [0.3, 0.4) is 0 Å². The van der Waals surface area contributed by atoms with Gasteiger partial charge < -0.3 is 4.74 Å². The van der Waals surface area contributed by atoms with Crippen molar-refractivity contribution in [2.75, 3.05) is 13.2 Å². The minimum atomic E-state index is -1.83. The molecule has 0 fully saturated rings. The average Bonchev–Trinajstić information content (AvgIpc) is 2.27. The molecule has 0 unspecified atom stereocenters. The maximum atomic E-state index is 10.3. The van der Waals surface area contributed by atoms with Gasteiger partial charge in [-0.2, -0.15) is 0 Å². The van der Waals surface area contributed by atoms with Gasteiger partial charge in [-0.15, -0.1) is 9.05 Å². The lowest BCUT2D eigenvalue weighted by atomic mass is 10.5. The summed E-state index contributed by atoms with van der Waals surface area (Å²) >= 11 is 0. The van der Waals surface area contributed by atoms with Crippen LogP contribution < -0.4 is 0 Å². The number of esters is 1. The lowest BCUT2D eigenvalue weighted by Gasteiger charge is -1.90. The van der Waals surface area contributed by atoms with Gasteiger partial charge in [-0.3, -0.25) is 4.79 Å². The molecule has 0 N–H and O–H groups in total. The Kier molecular flexibility index (Phi) is 15.7. The van der Waals surface area contributed by atoms with Gasteiger partial charge in [-0.25, -0.2) is 0 Å². The zero-order valence-electron chi connectivity index (χ0n) is 10.3. The zero-order valence-corrected chi connectivity index (χ0v) is 11.2. The van der Waals surface area contributed by atoms with E-state index >= 15 is 0 Å². The van der Waals surface area contributed by atoms with Crippen molar-refractivity contribution in [2.24, 2.45) is 0 Å². The van der Waals surface area contributed by atoms with E-state index in [-0.39, 0.29) is 5.97 Å². The molecule has 0 amide bonds. The first-order valence-electron chi connectivity index (χ1n) is 5.15. The first-order chi connectivity index (χ1) is 7.62. The third-order valence-corrected chi connectivity index (χ3v) is 2.03. The molecule has 94 valence electrons.